The van der Waals surface area contributed by atoms with Crippen LogP contribution in [0.5, 0.6) is 0 Å². The van der Waals surface area contributed by atoms with Gasteiger partial charge in [0.1, 0.15) is 0 Å². The number of anilines is 3. The van der Waals surface area contributed by atoms with Crippen molar-refractivity contribution in [3.8, 4) is 44.5 Å². The molecule has 2 aliphatic carbocycles. The maximum atomic E-state index is 4.23. The summed E-state index contributed by atoms with van der Waals surface area (Å²) >= 11 is 0. The van der Waals surface area contributed by atoms with Gasteiger partial charge in [-0.05, 0) is 115 Å². The van der Waals surface area contributed by atoms with Gasteiger partial charge in [-0.2, -0.15) is 0 Å². The molecule has 55 heavy (non-hydrogen) atoms. The van der Waals surface area contributed by atoms with Crippen LogP contribution in [-0.2, 0) is 10.8 Å². The van der Waals surface area contributed by atoms with Gasteiger partial charge in [-0.15, -0.1) is 0 Å². The number of fused-ring (bicyclic) bond motifs is 4. The van der Waals surface area contributed by atoms with Crippen molar-refractivity contribution in [2.24, 2.45) is 0 Å². The molecule has 0 radical (unpaired) electrons. The van der Waals surface area contributed by atoms with Crippen molar-refractivity contribution in [2.45, 2.75) is 38.5 Å². The van der Waals surface area contributed by atoms with E-state index in [0.717, 1.165) is 11.4 Å². The van der Waals surface area contributed by atoms with Gasteiger partial charge in [-0.1, -0.05) is 174 Å². The minimum Gasteiger partial charge on any atom is -0.310 e. The highest BCUT2D eigenvalue weighted by Crippen LogP contribution is 2.58. The third-order valence-electron chi connectivity index (χ3n) is 12.1. The van der Waals surface area contributed by atoms with E-state index < -0.39 is 0 Å². The standard InChI is InChI=1S/C54H45N/c1-7-44-45-34-50-46(35-49(45)53(3,4)47(44)8-2)52-48(54(50,5)6)20-15-21-51(52)55(42-30-26-40(27-31-42)37-18-13-10-14-19-37)43-32-28-41(29-33-43)39-24-22-38(23-25-39)36-16-11-9-12-17-36/h7-35H,1-2H2,3-6H3. The first-order valence-corrected chi connectivity index (χ1v) is 19.2. The predicted molar refractivity (Wildman–Crippen MR) is 235 cm³/mol. The molecule has 9 rings (SSSR count). The summed E-state index contributed by atoms with van der Waals surface area (Å²) < 4.78 is 0. The molecule has 0 aromatic heterocycles. The van der Waals surface area contributed by atoms with Gasteiger partial charge in [-0.3, -0.25) is 0 Å². The lowest BCUT2D eigenvalue weighted by atomic mass is 9.78. The molecule has 1 nitrogen and oxygen atoms in total. The van der Waals surface area contributed by atoms with E-state index in [-0.39, 0.29) is 10.8 Å². The molecule has 0 bridgehead atoms. The largest absolute Gasteiger partial charge is 0.310 e. The Balaban J connectivity index is 1.19. The second kappa shape index (κ2) is 13.1. The van der Waals surface area contributed by atoms with Crippen LogP contribution in [0.1, 0.15) is 49.9 Å². The molecule has 266 valence electrons. The molecular weight excluding hydrogens is 663 g/mol. The molecule has 2 aliphatic rings. The molecular formula is C54H45N. The van der Waals surface area contributed by atoms with Crippen LogP contribution in [0.4, 0.5) is 17.1 Å². The van der Waals surface area contributed by atoms with Crippen molar-refractivity contribution in [1.29, 1.82) is 0 Å². The van der Waals surface area contributed by atoms with Crippen molar-refractivity contribution in [2.75, 3.05) is 4.90 Å². The Bertz CT molecular complexity index is 2620. The van der Waals surface area contributed by atoms with Gasteiger partial charge in [0.05, 0.1) is 5.69 Å². The Morgan fingerprint density at radius 1 is 0.418 bits per heavy atom. The third kappa shape index (κ3) is 5.53. The van der Waals surface area contributed by atoms with Crippen LogP contribution in [0.25, 0.3) is 50.1 Å². The molecule has 7 aromatic carbocycles. The molecule has 0 fully saturated rings. The molecule has 1 heteroatoms. The highest BCUT2D eigenvalue weighted by Gasteiger charge is 2.43. The monoisotopic (exact) mass is 707 g/mol. The number of benzene rings is 7. The van der Waals surface area contributed by atoms with Crippen LogP contribution in [0.3, 0.4) is 0 Å². The lowest BCUT2D eigenvalue weighted by Crippen LogP contribution is -2.18. The summed E-state index contributed by atoms with van der Waals surface area (Å²) in [6, 6.07) is 59.9. The maximum Gasteiger partial charge on any atom is 0.0543 e. The molecule has 0 heterocycles. The van der Waals surface area contributed by atoms with E-state index in [1.54, 1.807) is 0 Å². The van der Waals surface area contributed by atoms with E-state index in [4.69, 9.17) is 0 Å². The fourth-order valence-corrected chi connectivity index (χ4v) is 9.10. The Hall–Kier alpha value is -6.44. The first kappa shape index (κ1) is 34.3. The fourth-order valence-electron chi connectivity index (χ4n) is 9.10. The van der Waals surface area contributed by atoms with E-state index in [1.807, 2.05) is 12.2 Å². The van der Waals surface area contributed by atoms with Gasteiger partial charge in [0.15, 0.2) is 0 Å². The number of allylic oxidation sites excluding steroid dienone is 4. The molecule has 0 unspecified atom stereocenters. The molecule has 0 spiro atoms. The van der Waals surface area contributed by atoms with Gasteiger partial charge in [0.2, 0.25) is 0 Å². The molecule has 0 N–H and O–H groups in total. The van der Waals surface area contributed by atoms with E-state index in [1.165, 1.54) is 83.6 Å². The summed E-state index contributed by atoms with van der Waals surface area (Å²) in [5.74, 6) is 0. The highest BCUT2D eigenvalue weighted by molar-refractivity contribution is 5.98. The smallest absolute Gasteiger partial charge is 0.0543 e. The van der Waals surface area contributed by atoms with Crippen LogP contribution in [0, 0.1) is 0 Å². The topological polar surface area (TPSA) is 3.24 Å². The maximum absolute atomic E-state index is 4.23. The lowest BCUT2D eigenvalue weighted by Gasteiger charge is -2.29. The molecule has 0 amide bonds. The molecule has 0 aliphatic heterocycles. The van der Waals surface area contributed by atoms with Crippen molar-refractivity contribution >= 4 is 22.6 Å². The van der Waals surface area contributed by atoms with Crippen molar-refractivity contribution in [3.05, 3.63) is 217 Å². The lowest BCUT2D eigenvalue weighted by molar-refractivity contribution is 0.647. The SMILES string of the molecule is C=CC1=C(C=C)C(C)(C)c2cc3c(cc21)C(C)(C)c1cccc(N(c2ccc(-c4ccccc4)cc2)c2ccc(-c4ccc(-c5ccccc5)cc4)cc2)c1-3. The first-order valence-electron chi connectivity index (χ1n) is 19.2. The zero-order chi connectivity index (χ0) is 37.9. The normalized spacial score (nSPS) is 14.5. The third-order valence-corrected chi connectivity index (χ3v) is 12.1. The highest BCUT2D eigenvalue weighted by atomic mass is 15.1. The van der Waals surface area contributed by atoms with Crippen molar-refractivity contribution in [1.82, 2.24) is 0 Å². The fraction of sp³-hybridized carbons (Fsp3) is 0.111. The minimum absolute atomic E-state index is 0.181. The average Bonchev–Trinajstić information content (AvgIpc) is 3.59. The summed E-state index contributed by atoms with van der Waals surface area (Å²) in [4.78, 5) is 2.45. The van der Waals surface area contributed by atoms with Gasteiger partial charge < -0.3 is 4.90 Å². The van der Waals surface area contributed by atoms with E-state index >= 15 is 0 Å². The van der Waals surface area contributed by atoms with E-state index in [2.05, 4.69) is 210 Å². The van der Waals surface area contributed by atoms with Crippen LogP contribution in [0.2, 0.25) is 0 Å². The van der Waals surface area contributed by atoms with Crippen LogP contribution in [-0.4, -0.2) is 0 Å². The second-order valence-corrected chi connectivity index (χ2v) is 15.9. The van der Waals surface area contributed by atoms with E-state index in [9.17, 15) is 0 Å². The minimum atomic E-state index is -0.193. The summed E-state index contributed by atoms with van der Waals surface area (Å²) in [6.45, 7) is 17.8. The Morgan fingerprint density at radius 3 is 1.33 bits per heavy atom. The zero-order valence-electron chi connectivity index (χ0n) is 32.1. The van der Waals surface area contributed by atoms with Crippen molar-refractivity contribution in [3.63, 3.8) is 0 Å². The summed E-state index contributed by atoms with van der Waals surface area (Å²) in [5, 5.41) is 0. The van der Waals surface area contributed by atoms with E-state index in [0.29, 0.717) is 0 Å². The van der Waals surface area contributed by atoms with Crippen molar-refractivity contribution < 1.29 is 0 Å². The van der Waals surface area contributed by atoms with Gasteiger partial charge >= 0.3 is 0 Å². The second-order valence-electron chi connectivity index (χ2n) is 15.9. The number of hydrogen-bond acceptors (Lipinski definition) is 1. The molecule has 0 saturated heterocycles. The summed E-state index contributed by atoms with van der Waals surface area (Å²) in [7, 11) is 0. The molecule has 0 atom stereocenters. The quantitative estimate of drug-likeness (QED) is 0.152. The first-order chi connectivity index (χ1) is 26.7. The van der Waals surface area contributed by atoms with Crippen LogP contribution >= 0.6 is 0 Å². The number of rotatable bonds is 8. The average molecular weight is 708 g/mol. The van der Waals surface area contributed by atoms with Gasteiger partial charge in [0, 0.05) is 27.8 Å². The summed E-state index contributed by atoms with van der Waals surface area (Å²) in [5.41, 5.74) is 20.6. The Morgan fingerprint density at radius 2 is 0.855 bits per heavy atom. The summed E-state index contributed by atoms with van der Waals surface area (Å²) in [6.07, 6.45) is 4.04. The zero-order valence-corrected chi connectivity index (χ0v) is 32.1. The molecule has 7 aromatic rings. The number of hydrogen-bond donors (Lipinski definition) is 0. The van der Waals surface area contributed by atoms with Gasteiger partial charge in [-0.25, -0.2) is 0 Å². The molecule has 0 saturated carbocycles. The van der Waals surface area contributed by atoms with Crippen LogP contribution < -0.4 is 4.90 Å². The predicted octanol–water partition coefficient (Wildman–Crippen LogP) is 14.9. The Labute approximate surface area is 326 Å². The number of nitrogens with zero attached hydrogens (tertiary/aromatic N) is 1. The Kier molecular flexibility index (Phi) is 8.21. The van der Waals surface area contributed by atoms with Crippen LogP contribution in [0.15, 0.2) is 195 Å². The van der Waals surface area contributed by atoms with Gasteiger partial charge in [0.25, 0.3) is 0 Å².